The summed E-state index contributed by atoms with van der Waals surface area (Å²) in [5.41, 5.74) is 1.14. The molecule has 0 aliphatic heterocycles. The maximum absolute atomic E-state index is 13.1. The highest BCUT2D eigenvalue weighted by molar-refractivity contribution is 7.99. The van der Waals surface area contributed by atoms with Gasteiger partial charge >= 0.3 is 5.97 Å². The number of nitrogens with one attached hydrogen (secondary N) is 1. The van der Waals surface area contributed by atoms with E-state index in [1.165, 1.54) is 39.0 Å². The molecule has 4 fully saturated rings. The largest absolute Gasteiger partial charge is 0.480 e. The van der Waals surface area contributed by atoms with E-state index in [2.05, 4.69) is 24.4 Å². The fraction of sp³-hybridized carbons (Fsp3) is 0.667. The van der Waals surface area contributed by atoms with E-state index in [9.17, 15) is 14.7 Å². The lowest BCUT2D eigenvalue weighted by atomic mass is 9.56. The molecule has 1 aromatic carbocycles. The van der Waals surface area contributed by atoms with Gasteiger partial charge in [0.1, 0.15) is 6.04 Å². The zero-order valence-electron chi connectivity index (χ0n) is 17.4. The molecule has 4 saturated carbocycles. The Hall–Kier alpha value is -1.49. The number of carbonyl (C=O) groups is 2. The van der Waals surface area contributed by atoms with Crippen LogP contribution < -0.4 is 5.32 Å². The molecule has 2 N–H and O–H groups in total. The number of amides is 1. The van der Waals surface area contributed by atoms with Gasteiger partial charge in [-0.2, -0.15) is 11.8 Å². The van der Waals surface area contributed by atoms with Gasteiger partial charge in [-0.1, -0.05) is 37.3 Å². The molecule has 4 aliphatic rings. The van der Waals surface area contributed by atoms with Gasteiger partial charge in [0.2, 0.25) is 5.91 Å². The van der Waals surface area contributed by atoms with Crippen LogP contribution in [-0.2, 0) is 9.59 Å². The zero-order valence-corrected chi connectivity index (χ0v) is 18.2. The molecule has 0 radical (unpaired) electrons. The maximum atomic E-state index is 13.1. The molecule has 0 spiro atoms. The summed E-state index contributed by atoms with van der Waals surface area (Å²) < 4.78 is 0. The molecular weight excluding hydrogens is 382 g/mol. The lowest BCUT2D eigenvalue weighted by molar-refractivity contribution is -0.141. The van der Waals surface area contributed by atoms with Crippen molar-refractivity contribution in [2.75, 3.05) is 5.75 Å². The van der Waals surface area contributed by atoms with Crippen molar-refractivity contribution in [1.82, 2.24) is 5.32 Å². The highest BCUT2D eigenvalue weighted by Gasteiger charge is 2.48. The van der Waals surface area contributed by atoms with E-state index in [0.29, 0.717) is 5.25 Å². The van der Waals surface area contributed by atoms with E-state index < -0.39 is 12.0 Å². The highest BCUT2D eigenvalue weighted by Crippen LogP contribution is 2.57. The van der Waals surface area contributed by atoms with Crippen LogP contribution >= 0.6 is 11.8 Å². The monoisotopic (exact) mass is 415 g/mol. The summed E-state index contributed by atoms with van der Waals surface area (Å²) in [5, 5.41) is 12.6. The van der Waals surface area contributed by atoms with Gasteiger partial charge in [-0.25, -0.2) is 0 Å². The Morgan fingerprint density at radius 3 is 2.17 bits per heavy atom. The summed E-state index contributed by atoms with van der Waals surface area (Å²) in [5.74, 6) is 3.03. The van der Waals surface area contributed by atoms with Crippen LogP contribution in [0.1, 0.15) is 57.4 Å². The summed E-state index contributed by atoms with van der Waals surface area (Å²) in [6, 6.07) is 9.27. The minimum absolute atomic E-state index is 0.0570. The molecule has 0 heterocycles. The molecule has 2 unspecified atom stereocenters. The van der Waals surface area contributed by atoms with Crippen molar-refractivity contribution in [3.05, 3.63) is 35.9 Å². The smallest absolute Gasteiger partial charge is 0.325 e. The number of thioether (sulfide) groups is 1. The van der Waals surface area contributed by atoms with Gasteiger partial charge in [0.15, 0.2) is 0 Å². The Bertz CT molecular complexity index is 709. The first-order chi connectivity index (χ1) is 13.9. The molecule has 4 aliphatic carbocycles. The molecule has 5 heteroatoms. The molecule has 4 nitrogen and oxygen atoms in total. The lowest BCUT2D eigenvalue weighted by Crippen LogP contribution is -2.48. The normalized spacial score (nSPS) is 33.1. The minimum Gasteiger partial charge on any atom is -0.480 e. The summed E-state index contributed by atoms with van der Waals surface area (Å²) in [4.78, 5) is 24.3. The van der Waals surface area contributed by atoms with E-state index in [1.807, 2.05) is 30.0 Å². The van der Waals surface area contributed by atoms with Crippen molar-refractivity contribution in [2.24, 2.45) is 29.6 Å². The topological polar surface area (TPSA) is 66.4 Å². The summed E-state index contributed by atoms with van der Waals surface area (Å²) in [6.07, 6.45) is 6.98. The number of carbonyl (C=O) groups excluding carboxylic acids is 1. The summed E-state index contributed by atoms with van der Waals surface area (Å²) in [7, 11) is 0. The summed E-state index contributed by atoms with van der Waals surface area (Å²) in [6.45, 7) is 3.64. The lowest BCUT2D eigenvalue weighted by Gasteiger charge is -2.54. The van der Waals surface area contributed by atoms with Crippen molar-refractivity contribution in [2.45, 2.75) is 63.2 Å². The Kier molecular flexibility index (Phi) is 6.24. The molecule has 3 atom stereocenters. The van der Waals surface area contributed by atoms with E-state index >= 15 is 0 Å². The standard InChI is InChI=1S/C24H33NO3S/c1-14(18-6-4-3-5-7-18)21(23(26)25-15(2)24(27)28)13-29-22-19-9-16-8-17(11-19)12-20(22)10-16/h3-7,14-17,19-22H,8-13H2,1-2H3,(H,25,26)(H,27,28)/t14?,15-,16?,17?,19?,20?,21?,22?/m0/s1. The van der Waals surface area contributed by atoms with E-state index in [0.717, 1.165) is 35.0 Å². The van der Waals surface area contributed by atoms with E-state index in [1.54, 1.807) is 0 Å². The van der Waals surface area contributed by atoms with Crippen LogP contribution in [0, 0.1) is 29.6 Å². The average molecular weight is 416 g/mol. The SMILES string of the molecule is CC(c1ccccc1)C(CSC1C2CC3CC(C2)CC1C3)C(=O)N[C@@H](C)C(=O)O. The molecule has 1 amide bonds. The number of carboxylic acid groups (broad SMARTS) is 1. The molecule has 158 valence electrons. The van der Waals surface area contributed by atoms with E-state index in [4.69, 9.17) is 0 Å². The van der Waals surface area contributed by atoms with E-state index in [-0.39, 0.29) is 17.7 Å². The number of rotatable bonds is 8. The molecule has 1 aromatic rings. The van der Waals surface area contributed by atoms with Crippen molar-refractivity contribution in [1.29, 1.82) is 0 Å². The first-order valence-electron chi connectivity index (χ1n) is 11.1. The van der Waals surface area contributed by atoms with Gasteiger partial charge in [0.05, 0.1) is 5.92 Å². The predicted octanol–water partition coefficient (Wildman–Crippen LogP) is 4.55. The Balaban J connectivity index is 1.46. The van der Waals surface area contributed by atoms with Crippen molar-refractivity contribution < 1.29 is 14.7 Å². The molecular formula is C24H33NO3S. The van der Waals surface area contributed by atoms with Crippen molar-refractivity contribution >= 4 is 23.6 Å². The van der Waals surface area contributed by atoms with Crippen LogP contribution in [0.4, 0.5) is 0 Å². The van der Waals surface area contributed by atoms with Gasteiger partial charge < -0.3 is 10.4 Å². The van der Waals surface area contributed by atoms with Crippen LogP contribution in [0.5, 0.6) is 0 Å². The molecule has 29 heavy (non-hydrogen) atoms. The zero-order chi connectivity index (χ0) is 20.5. The first kappa shape index (κ1) is 20.8. The second-order valence-corrected chi connectivity index (χ2v) is 10.8. The van der Waals surface area contributed by atoms with Gasteiger partial charge in [0.25, 0.3) is 0 Å². The third-order valence-corrected chi connectivity index (χ3v) is 9.31. The molecule has 5 rings (SSSR count). The minimum atomic E-state index is -0.988. The highest BCUT2D eigenvalue weighted by atomic mass is 32.2. The Labute approximate surface area is 178 Å². The van der Waals surface area contributed by atoms with Crippen LogP contribution in [0.2, 0.25) is 0 Å². The quantitative estimate of drug-likeness (QED) is 0.653. The second kappa shape index (κ2) is 8.71. The van der Waals surface area contributed by atoms with Gasteiger partial charge in [-0.3, -0.25) is 9.59 Å². The predicted molar refractivity (Wildman–Crippen MR) is 117 cm³/mol. The number of hydrogen-bond acceptors (Lipinski definition) is 3. The van der Waals surface area contributed by atoms with Gasteiger partial charge in [-0.05, 0) is 74.2 Å². The molecule has 0 aromatic heterocycles. The van der Waals surface area contributed by atoms with Crippen LogP contribution in [0.25, 0.3) is 0 Å². The van der Waals surface area contributed by atoms with Crippen LogP contribution in [-0.4, -0.2) is 34.0 Å². The van der Waals surface area contributed by atoms with Crippen molar-refractivity contribution in [3.63, 3.8) is 0 Å². The fourth-order valence-electron chi connectivity index (χ4n) is 6.18. The number of aliphatic carboxylic acids is 1. The van der Waals surface area contributed by atoms with Gasteiger partial charge in [0, 0.05) is 11.0 Å². The first-order valence-corrected chi connectivity index (χ1v) is 12.2. The average Bonchev–Trinajstić information content (AvgIpc) is 2.69. The second-order valence-electron chi connectivity index (χ2n) is 9.60. The third kappa shape index (κ3) is 4.50. The maximum Gasteiger partial charge on any atom is 0.325 e. The number of benzene rings is 1. The van der Waals surface area contributed by atoms with Gasteiger partial charge in [-0.15, -0.1) is 0 Å². The van der Waals surface area contributed by atoms with Crippen LogP contribution in [0.15, 0.2) is 30.3 Å². The number of carboxylic acids is 1. The fourth-order valence-corrected chi connectivity index (χ4v) is 8.04. The van der Waals surface area contributed by atoms with Crippen LogP contribution in [0.3, 0.4) is 0 Å². The summed E-state index contributed by atoms with van der Waals surface area (Å²) >= 11 is 2.00. The number of hydrogen-bond donors (Lipinski definition) is 2. The Morgan fingerprint density at radius 1 is 1.03 bits per heavy atom. The molecule has 4 bridgehead atoms. The third-order valence-electron chi connectivity index (χ3n) is 7.60. The Morgan fingerprint density at radius 2 is 1.62 bits per heavy atom. The molecule has 0 saturated heterocycles. The van der Waals surface area contributed by atoms with Crippen molar-refractivity contribution in [3.8, 4) is 0 Å².